The molecule has 2 atom stereocenters. The smallest absolute Gasteiger partial charge is 0.184 e. The van der Waals surface area contributed by atoms with Crippen molar-refractivity contribution in [1.82, 2.24) is 0 Å². The fourth-order valence-corrected chi connectivity index (χ4v) is 4.20. The quantitative estimate of drug-likeness (QED) is 0.908. The number of anilines is 1. The monoisotopic (exact) mass is 313 g/mol. The van der Waals surface area contributed by atoms with Crippen LogP contribution in [0.2, 0.25) is 0 Å². The lowest BCUT2D eigenvalue weighted by molar-refractivity contribution is -0.205. The van der Waals surface area contributed by atoms with Crippen LogP contribution in [0.15, 0.2) is 42.1 Å². The number of fused-ring (bicyclic) bond motifs is 1. The number of ether oxygens (including phenoxy) is 2. The van der Waals surface area contributed by atoms with Crippen molar-refractivity contribution in [3.8, 4) is 0 Å². The summed E-state index contributed by atoms with van der Waals surface area (Å²) in [7, 11) is 0. The van der Waals surface area contributed by atoms with Crippen molar-refractivity contribution in [1.29, 1.82) is 0 Å². The molecular formula is C19H23NO3. The first kappa shape index (κ1) is 14.9. The highest BCUT2D eigenvalue weighted by Gasteiger charge is 2.54. The molecule has 2 unspecified atom stereocenters. The van der Waals surface area contributed by atoms with Crippen LogP contribution in [0.3, 0.4) is 0 Å². The Morgan fingerprint density at radius 3 is 2.61 bits per heavy atom. The van der Waals surface area contributed by atoms with E-state index in [2.05, 4.69) is 18.3 Å². The van der Waals surface area contributed by atoms with Crippen molar-refractivity contribution in [2.24, 2.45) is 11.3 Å². The predicted molar refractivity (Wildman–Crippen MR) is 87.9 cm³/mol. The number of ketones is 1. The molecule has 23 heavy (non-hydrogen) atoms. The van der Waals surface area contributed by atoms with Gasteiger partial charge < -0.3 is 14.8 Å². The summed E-state index contributed by atoms with van der Waals surface area (Å²) < 4.78 is 11.7. The van der Waals surface area contributed by atoms with Gasteiger partial charge >= 0.3 is 0 Å². The summed E-state index contributed by atoms with van der Waals surface area (Å²) in [6, 6.07) is 9.89. The maximum atomic E-state index is 13.1. The van der Waals surface area contributed by atoms with Crippen molar-refractivity contribution >= 4 is 11.5 Å². The summed E-state index contributed by atoms with van der Waals surface area (Å²) in [4.78, 5) is 13.1. The summed E-state index contributed by atoms with van der Waals surface area (Å²) in [6.07, 6.45) is 5.40. The molecule has 1 heterocycles. The third-order valence-corrected chi connectivity index (χ3v) is 5.72. The van der Waals surface area contributed by atoms with E-state index >= 15 is 0 Å². The Morgan fingerprint density at radius 1 is 1.13 bits per heavy atom. The zero-order valence-electron chi connectivity index (χ0n) is 13.5. The minimum atomic E-state index is -0.428. The molecule has 1 aromatic carbocycles. The molecule has 0 radical (unpaired) electrons. The van der Waals surface area contributed by atoms with E-state index in [1.165, 1.54) is 0 Å². The van der Waals surface area contributed by atoms with Gasteiger partial charge in [-0.3, -0.25) is 4.79 Å². The highest BCUT2D eigenvalue weighted by molar-refractivity contribution is 6.03. The first-order chi connectivity index (χ1) is 11.1. The molecule has 1 aliphatic heterocycles. The van der Waals surface area contributed by atoms with Gasteiger partial charge in [-0.05, 0) is 30.9 Å². The molecule has 1 saturated heterocycles. The van der Waals surface area contributed by atoms with Crippen LogP contribution in [0.5, 0.6) is 0 Å². The number of allylic oxidation sites excluding steroid dienone is 2. The van der Waals surface area contributed by atoms with E-state index in [4.69, 9.17) is 9.47 Å². The number of benzene rings is 1. The number of para-hydroxylation sites is 1. The van der Waals surface area contributed by atoms with Gasteiger partial charge in [-0.1, -0.05) is 31.2 Å². The summed E-state index contributed by atoms with van der Waals surface area (Å²) >= 11 is 0. The topological polar surface area (TPSA) is 47.6 Å². The second-order valence-corrected chi connectivity index (χ2v) is 7.10. The third-order valence-electron chi connectivity index (χ3n) is 5.72. The Balaban J connectivity index is 1.55. The van der Waals surface area contributed by atoms with E-state index in [0.29, 0.717) is 19.1 Å². The number of rotatable bonds is 2. The van der Waals surface area contributed by atoms with Gasteiger partial charge in [0.1, 0.15) is 0 Å². The Bertz CT molecular complexity index is 633. The van der Waals surface area contributed by atoms with Gasteiger partial charge in [-0.15, -0.1) is 0 Å². The molecule has 0 bridgehead atoms. The second kappa shape index (κ2) is 5.46. The molecule has 1 N–H and O–H groups in total. The average molecular weight is 313 g/mol. The van der Waals surface area contributed by atoms with E-state index in [9.17, 15) is 4.79 Å². The Hall–Kier alpha value is -1.65. The normalized spacial score (nSPS) is 32.5. The molecule has 4 heteroatoms. The lowest BCUT2D eigenvalue weighted by Crippen LogP contribution is -2.50. The van der Waals surface area contributed by atoms with Crippen molar-refractivity contribution in [2.75, 3.05) is 18.5 Å². The van der Waals surface area contributed by atoms with Crippen LogP contribution >= 0.6 is 0 Å². The molecule has 4 rings (SSSR count). The van der Waals surface area contributed by atoms with Crippen molar-refractivity contribution in [3.05, 3.63) is 42.1 Å². The van der Waals surface area contributed by atoms with Crippen LogP contribution in [-0.2, 0) is 14.3 Å². The molecule has 1 spiro atoms. The largest absolute Gasteiger partial charge is 0.353 e. The predicted octanol–water partition coefficient (Wildman–Crippen LogP) is 3.50. The van der Waals surface area contributed by atoms with Crippen LogP contribution in [-0.4, -0.2) is 24.8 Å². The third kappa shape index (κ3) is 2.50. The fraction of sp³-hybridized carbons (Fsp3) is 0.526. The van der Waals surface area contributed by atoms with Crippen LogP contribution in [0.25, 0.3) is 0 Å². The summed E-state index contributed by atoms with van der Waals surface area (Å²) in [5.41, 5.74) is 1.38. The number of carbonyl (C=O) groups excluding carboxylic acids is 1. The standard InChI is InChI=1S/C19H23NO3/c1-18-9-10-19(22-11-12-23-19)13-14(18)7-8-16(17(18)21)20-15-5-3-2-4-6-15/h2-6,8,14,20H,7,9-13H2,1H3. The van der Waals surface area contributed by atoms with Crippen LogP contribution in [0.4, 0.5) is 5.69 Å². The Labute approximate surface area is 136 Å². The molecule has 0 amide bonds. The first-order valence-electron chi connectivity index (χ1n) is 8.46. The molecule has 2 fully saturated rings. The Kier molecular flexibility index (Phi) is 3.54. The second-order valence-electron chi connectivity index (χ2n) is 7.10. The van der Waals surface area contributed by atoms with E-state index < -0.39 is 5.79 Å². The highest BCUT2D eigenvalue weighted by Crippen LogP contribution is 2.52. The minimum absolute atomic E-state index is 0.227. The minimum Gasteiger partial charge on any atom is -0.353 e. The SMILES string of the molecule is CC12CCC3(CC1CC=C(Nc1ccccc1)C2=O)OCCO3. The van der Waals surface area contributed by atoms with E-state index in [1.54, 1.807) is 0 Å². The molecular weight excluding hydrogens is 290 g/mol. The molecule has 3 aliphatic rings. The zero-order chi connectivity index (χ0) is 15.9. The molecule has 1 aromatic rings. The Morgan fingerprint density at radius 2 is 1.87 bits per heavy atom. The van der Waals surface area contributed by atoms with Crippen molar-refractivity contribution < 1.29 is 14.3 Å². The van der Waals surface area contributed by atoms with Crippen LogP contribution in [0.1, 0.15) is 32.6 Å². The van der Waals surface area contributed by atoms with Gasteiger partial charge in [-0.25, -0.2) is 0 Å². The lowest BCUT2D eigenvalue weighted by Gasteiger charge is -2.48. The lowest BCUT2D eigenvalue weighted by atomic mass is 9.59. The molecule has 2 aliphatic carbocycles. The number of Topliss-reactive ketones (excluding diaryl/α,β-unsaturated/α-hetero) is 1. The van der Waals surface area contributed by atoms with Crippen LogP contribution in [0, 0.1) is 11.3 Å². The maximum Gasteiger partial charge on any atom is 0.184 e. The van der Waals surface area contributed by atoms with Gasteiger partial charge in [-0.2, -0.15) is 0 Å². The van der Waals surface area contributed by atoms with E-state index in [0.717, 1.165) is 37.1 Å². The summed E-state index contributed by atoms with van der Waals surface area (Å²) in [5.74, 6) is 0.0940. The van der Waals surface area contributed by atoms with Crippen LogP contribution < -0.4 is 5.32 Å². The molecule has 0 aromatic heterocycles. The zero-order valence-corrected chi connectivity index (χ0v) is 13.5. The molecule has 1 saturated carbocycles. The molecule has 4 nitrogen and oxygen atoms in total. The first-order valence-corrected chi connectivity index (χ1v) is 8.46. The van der Waals surface area contributed by atoms with E-state index in [1.807, 2.05) is 30.3 Å². The van der Waals surface area contributed by atoms with Gasteiger partial charge in [0.25, 0.3) is 0 Å². The van der Waals surface area contributed by atoms with Gasteiger partial charge in [0.2, 0.25) is 0 Å². The maximum absolute atomic E-state index is 13.1. The number of nitrogens with one attached hydrogen (secondary N) is 1. The average Bonchev–Trinajstić information content (AvgIpc) is 3.02. The summed E-state index contributed by atoms with van der Waals surface area (Å²) in [6.45, 7) is 3.46. The van der Waals surface area contributed by atoms with Gasteiger partial charge in [0, 0.05) is 23.9 Å². The van der Waals surface area contributed by atoms with Gasteiger partial charge in [0.15, 0.2) is 11.6 Å². The number of hydrogen-bond acceptors (Lipinski definition) is 4. The van der Waals surface area contributed by atoms with E-state index in [-0.39, 0.29) is 11.2 Å². The highest BCUT2D eigenvalue weighted by atomic mass is 16.7. The fourth-order valence-electron chi connectivity index (χ4n) is 4.20. The molecule has 122 valence electrons. The number of hydrogen-bond donors (Lipinski definition) is 1. The van der Waals surface area contributed by atoms with Gasteiger partial charge in [0.05, 0.1) is 18.9 Å². The number of carbonyl (C=O) groups is 1. The van der Waals surface area contributed by atoms with Crippen molar-refractivity contribution in [3.63, 3.8) is 0 Å². The summed E-state index contributed by atoms with van der Waals surface area (Å²) in [5, 5.41) is 3.30. The van der Waals surface area contributed by atoms with Crippen molar-refractivity contribution in [2.45, 2.75) is 38.4 Å².